The Morgan fingerprint density at radius 2 is 2.06 bits per heavy atom. The van der Waals surface area contributed by atoms with E-state index < -0.39 is 5.54 Å². The molecule has 0 aromatic rings. The predicted molar refractivity (Wildman–Crippen MR) is 68.5 cm³/mol. The topological polar surface area (TPSA) is 56.8 Å². The van der Waals surface area contributed by atoms with Gasteiger partial charge in [-0.1, -0.05) is 6.92 Å². The van der Waals surface area contributed by atoms with Gasteiger partial charge in [-0.15, -0.1) is 0 Å². The van der Waals surface area contributed by atoms with Gasteiger partial charge in [-0.25, -0.2) is 4.79 Å². The Morgan fingerprint density at radius 3 is 2.61 bits per heavy atom. The summed E-state index contributed by atoms with van der Waals surface area (Å²) in [4.78, 5) is 11.9. The Kier molecular flexibility index (Phi) is 6.60. The van der Waals surface area contributed by atoms with Crippen LogP contribution in [0.5, 0.6) is 0 Å². The molecule has 1 aliphatic heterocycles. The fraction of sp³-hybridized carbons (Fsp3) is 0.923. The third-order valence-electron chi connectivity index (χ3n) is 3.07. The van der Waals surface area contributed by atoms with Crippen LogP contribution in [-0.4, -0.2) is 50.6 Å². The summed E-state index contributed by atoms with van der Waals surface area (Å²) >= 11 is 0. The number of esters is 1. The van der Waals surface area contributed by atoms with Crippen molar-refractivity contribution in [1.82, 2.24) is 5.32 Å². The molecule has 1 atom stereocenters. The normalized spacial score (nSPS) is 20.4. The molecule has 0 aliphatic carbocycles. The van der Waals surface area contributed by atoms with Crippen LogP contribution in [0, 0.1) is 0 Å². The van der Waals surface area contributed by atoms with Gasteiger partial charge in [0.1, 0.15) is 5.54 Å². The van der Waals surface area contributed by atoms with Gasteiger partial charge in [0.2, 0.25) is 0 Å². The lowest BCUT2D eigenvalue weighted by molar-refractivity contribution is -0.155. The molecule has 5 heteroatoms. The van der Waals surface area contributed by atoms with E-state index >= 15 is 0 Å². The molecule has 0 bridgehead atoms. The van der Waals surface area contributed by atoms with Crippen LogP contribution in [0.3, 0.4) is 0 Å². The van der Waals surface area contributed by atoms with Crippen molar-refractivity contribution in [2.24, 2.45) is 0 Å². The summed E-state index contributed by atoms with van der Waals surface area (Å²) in [6.45, 7) is 8.50. The highest BCUT2D eigenvalue weighted by Gasteiger charge is 2.35. The quantitative estimate of drug-likeness (QED) is 0.694. The zero-order chi connectivity index (χ0) is 13.4. The fourth-order valence-corrected chi connectivity index (χ4v) is 1.99. The van der Waals surface area contributed by atoms with Crippen molar-refractivity contribution in [2.75, 3.05) is 33.0 Å². The third kappa shape index (κ3) is 4.55. The van der Waals surface area contributed by atoms with Gasteiger partial charge >= 0.3 is 5.97 Å². The van der Waals surface area contributed by atoms with Crippen molar-refractivity contribution < 1.29 is 19.0 Å². The van der Waals surface area contributed by atoms with Crippen molar-refractivity contribution >= 4 is 5.97 Å². The van der Waals surface area contributed by atoms with Gasteiger partial charge in [0.15, 0.2) is 0 Å². The molecule has 1 rings (SSSR count). The third-order valence-corrected chi connectivity index (χ3v) is 3.07. The molecular weight excluding hydrogens is 234 g/mol. The molecule has 5 nitrogen and oxygen atoms in total. The molecule has 0 aromatic heterocycles. The first-order valence-corrected chi connectivity index (χ1v) is 6.74. The van der Waals surface area contributed by atoms with Gasteiger partial charge in [0.25, 0.3) is 0 Å². The molecule has 1 fully saturated rings. The minimum absolute atomic E-state index is 0.186. The maximum atomic E-state index is 11.9. The van der Waals surface area contributed by atoms with Crippen molar-refractivity contribution in [3.63, 3.8) is 0 Å². The van der Waals surface area contributed by atoms with Crippen LogP contribution in [0.1, 0.15) is 33.6 Å². The van der Waals surface area contributed by atoms with E-state index in [4.69, 9.17) is 14.2 Å². The summed E-state index contributed by atoms with van der Waals surface area (Å²) in [5.74, 6) is -0.251. The van der Waals surface area contributed by atoms with Crippen molar-refractivity contribution in [3.05, 3.63) is 0 Å². The first-order valence-electron chi connectivity index (χ1n) is 6.74. The number of carbonyl (C=O) groups is 1. The molecule has 1 unspecified atom stereocenters. The number of ether oxygens (including phenoxy) is 3. The molecule has 1 heterocycles. The van der Waals surface area contributed by atoms with Crippen LogP contribution >= 0.6 is 0 Å². The summed E-state index contributed by atoms with van der Waals surface area (Å²) in [5.41, 5.74) is -0.761. The molecule has 18 heavy (non-hydrogen) atoms. The summed E-state index contributed by atoms with van der Waals surface area (Å²) in [6.07, 6.45) is 1.97. The molecule has 0 radical (unpaired) electrons. The number of likely N-dealkylation sites (N-methyl/N-ethyl adjacent to an activating group) is 1. The molecule has 0 amide bonds. The summed E-state index contributed by atoms with van der Waals surface area (Å²) < 4.78 is 16.2. The molecule has 1 aliphatic rings. The average Bonchev–Trinajstić information content (AvgIpc) is 2.38. The highest BCUT2D eigenvalue weighted by atomic mass is 16.5. The fourth-order valence-electron chi connectivity index (χ4n) is 1.99. The lowest BCUT2D eigenvalue weighted by Crippen LogP contribution is -2.54. The van der Waals surface area contributed by atoms with E-state index in [2.05, 4.69) is 5.32 Å². The van der Waals surface area contributed by atoms with Gasteiger partial charge in [0.05, 0.1) is 19.3 Å². The molecular formula is C13H25NO4. The van der Waals surface area contributed by atoms with Crippen molar-refractivity contribution in [3.8, 4) is 0 Å². The van der Waals surface area contributed by atoms with E-state index in [-0.39, 0.29) is 12.1 Å². The van der Waals surface area contributed by atoms with E-state index in [1.165, 1.54) is 0 Å². The first kappa shape index (κ1) is 15.4. The Hall–Kier alpha value is -0.650. The monoisotopic (exact) mass is 259 g/mol. The van der Waals surface area contributed by atoms with Crippen LogP contribution < -0.4 is 5.32 Å². The molecule has 1 saturated heterocycles. The molecule has 0 saturated carbocycles. The highest BCUT2D eigenvalue weighted by molar-refractivity contribution is 5.80. The largest absolute Gasteiger partial charge is 0.465 e. The predicted octanol–water partition coefficient (Wildman–Crippen LogP) is 1.11. The minimum Gasteiger partial charge on any atom is -0.465 e. The van der Waals surface area contributed by atoms with Crippen molar-refractivity contribution in [2.45, 2.75) is 45.3 Å². The van der Waals surface area contributed by atoms with E-state index in [1.807, 2.05) is 20.8 Å². The van der Waals surface area contributed by atoms with Crippen LogP contribution in [0.25, 0.3) is 0 Å². The van der Waals surface area contributed by atoms with Crippen LogP contribution in [0.4, 0.5) is 0 Å². The lowest BCUT2D eigenvalue weighted by atomic mass is 10.0. The Labute approximate surface area is 109 Å². The van der Waals surface area contributed by atoms with E-state index in [9.17, 15) is 4.79 Å². The number of rotatable bonds is 7. The molecule has 0 aromatic carbocycles. The Balaban J connectivity index is 2.47. The van der Waals surface area contributed by atoms with Gasteiger partial charge in [-0.05, 0) is 33.2 Å². The van der Waals surface area contributed by atoms with Crippen LogP contribution in [-0.2, 0) is 19.0 Å². The zero-order valence-electron chi connectivity index (χ0n) is 11.7. The SMILES string of the molecule is CCNC(C)(COC1CCOCC1)C(=O)OCC. The maximum absolute atomic E-state index is 11.9. The highest BCUT2D eigenvalue weighted by Crippen LogP contribution is 2.15. The average molecular weight is 259 g/mol. The van der Waals surface area contributed by atoms with E-state index in [1.54, 1.807) is 0 Å². The Morgan fingerprint density at radius 1 is 1.39 bits per heavy atom. The maximum Gasteiger partial charge on any atom is 0.328 e. The number of nitrogens with one attached hydrogen (secondary N) is 1. The number of hydrogen-bond donors (Lipinski definition) is 1. The van der Waals surface area contributed by atoms with Crippen LogP contribution in [0.2, 0.25) is 0 Å². The van der Waals surface area contributed by atoms with Crippen molar-refractivity contribution in [1.29, 1.82) is 0 Å². The summed E-state index contributed by atoms with van der Waals surface area (Å²) in [6, 6.07) is 0. The van der Waals surface area contributed by atoms with Gasteiger partial charge in [-0.2, -0.15) is 0 Å². The summed E-state index contributed by atoms with van der Waals surface area (Å²) in [7, 11) is 0. The van der Waals surface area contributed by atoms with Gasteiger partial charge < -0.3 is 19.5 Å². The number of hydrogen-bond acceptors (Lipinski definition) is 5. The first-order chi connectivity index (χ1) is 8.62. The van der Waals surface area contributed by atoms with Gasteiger partial charge in [0, 0.05) is 13.2 Å². The number of carbonyl (C=O) groups excluding carboxylic acids is 1. The summed E-state index contributed by atoms with van der Waals surface area (Å²) in [5, 5.41) is 3.15. The van der Waals surface area contributed by atoms with E-state index in [0.717, 1.165) is 26.1 Å². The second-order valence-corrected chi connectivity index (χ2v) is 4.71. The molecule has 1 N–H and O–H groups in total. The second kappa shape index (κ2) is 7.71. The Bertz CT molecular complexity index is 253. The molecule has 106 valence electrons. The zero-order valence-corrected chi connectivity index (χ0v) is 11.7. The smallest absolute Gasteiger partial charge is 0.328 e. The van der Waals surface area contributed by atoms with E-state index in [0.29, 0.717) is 19.8 Å². The minimum atomic E-state index is -0.761. The standard InChI is InChI=1S/C13H25NO4/c1-4-14-13(3,12(15)17-5-2)10-18-11-6-8-16-9-7-11/h11,14H,4-10H2,1-3H3. The lowest BCUT2D eigenvalue weighted by Gasteiger charge is -2.31. The second-order valence-electron chi connectivity index (χ2n) is 4.71. The van der Waals surface area contributed by atoms with Crippen LogP contribution in [0.15, 0.2) is 0 Å². The van der Waals surface area contributed by atoms with Gasteiger partial charge in [-0.3, -0.25) is 0 Å². The molecule has 0 spiro atoms.